The summed E-state index contributed by atoms with van der Waals surface area (Å²) in [6, 6.07) is 6.64. The molecule has 2 fully saturated rings. The highest BCUT2D eigenvalue weighted by atomic mass is 32.2. The number of rotatable bonds is 4. The molecule has 1 aliphatic heterocycles. The number of hydrogen-bond donors (Lipinski definition) is 2. The van der Waals surface area contributed by atoms with Crippen LogP contribution in [0.4, 0.5) is 5.69 Å². The van der Waals surface area contributed by atoms with Gasteiger partial charge in [-0.1, -0.05) is 6.92 Å². The third-order valence-corrected chi connectivity index (χ3v) is 6.15. The highest BCUT2D eigenvalue weighted by Gasteiger charge is 2.32. The largest absolute Gasteiger partial charge is 0.391 e. The van der Waals surface area contributed by atoms with Crippen LogP contribution in [-0.2, 0) is 10.0 Å². The van der Waals surface area contributed by atoms with Crippen molar-refractivity contribution in [2.24, 2.45) is 5.92 Å². The van der Waals surface area contributed by atoms with Gasteiger partial charge in [0, 0.05) is 19.1 Å². The molecule has 7 heteroatoms. The lowest BCUT2D eigenvalue weighted by atomic mass is 9.83. The van der Waals surface area contributed by atoms with Crippen molar-refractivity contribution in [3.63, 3.8) is 0 Å². The van der Waals surface area contributed by atoms with Crippen molar-refractivity contribution in [3.8, 4) is 6.07 Å². The average molecular weight is 335 g/mol. The second-order valence-electron chi connectivity index (χ2n) is 6.58. The first-order valence-corrected chi connectivity index (χ1v) is 9.37. The maximum Gasteiger partial charge on any atom is 0.242 e. The monoisotopic (exact) mass is 335 g/mol. The third kappa shape index (κ3) is 3.34. The second kappa shape index (κ2) is 6.11. The molecule has 1 aliphatic carbocycles. The molecule has 124 valence electrons. The van der Waals surface area contributed by atoms with Crippen LogP contribution in [0.3, 0.4) is 0 Å². The minimum absolute atomic E-state index is 0.0114. The predicted molar refractivity (Wildman–Crippen MR) is 86.5 cm³/mol. The fraction of sp³-hybridized carbons (Fsp3) is 0.562. The minimum Gasteiger partial charge on any atom is -0.391 e. The zero-order valence-corrected chi connectivity index (χ0v) is 13.9. The molecule has 0 spiro atoms. The summed E-state index contributed by atoms with van der Waals surface area (Å²) >= 11 is 0. The molecule has 1 heterocycles. The molecule has 6 nitrogen and oxygen atoms in total. The van der Waals surface area contributed by atoms with Crippen molar-refractivity contribution in [2.75, 3.05) is 18.0 Å². The Morgan fingerprint density at radius 3 is 2.70 bits per heavy atom. The molecule has 1 aromatic rings. The number of hydrogen-bond acceptors (Lipinski definition) is 5. The highest BCUT2D eigenvalue weighted by molar-refractivity contribution is 7.89. The number of aliphatic hydroxyl groups is 1. The molecule has 1 saturated carbocycles. The van der Waals surface area contributed by atoms with E-state index >= 15 is 0 Å². The topological polar surface area (TPSA) is 93.4 Å². The van der Waals surface area contributed by atoms with Crippen molar-refractivity contribution in [1.82, 2.24) is 4.72 Å². The lowest BCUT2D eigenvalue weighted by Crippen LogP contribution is -2.43. The van der Waals surface area contributed by atoms with E-state index in [2.05, 4.69) is 11.6 Å². The molecule has 0 unspecified atom stereocenters. The van der Waals surface area contributed by atoms with Gasteiger partial charge in [0.05, 0.1) is 23.4 Å². The number of sulfonamides is 1. The Bertz CT molecular complexity index is 735. The van der Waals surface area contributed by atoms with Crippen molar-refractivity contribution in [1.29, 1.82) is 5.26 Å². The Balaban J connectivity index is 1.93. The molecule has 0 amide bonds. The fourth-order valence-electron chi connectivity index (χ4n) is 3.30. The highest BCUT2D eigenvalue weighted by Crippen LogP contribution is 2.32. The summed E-state index contributed by atoms with van der Waals surface area (Å²) in [5.41, 5.74) is 0.915. The molecule has 0 bridgehead atoms. The van der Waals surface area contributed by atoms with Gasteiger partial charge in [0.15, 0.2) is 0 Å². The normalized spacial score (nSPS) is 27.5. The minimum atomic E-state index is -3.64. The van der Waals surface area contributed by atoms with E-state index in [9.17, 15) is 13.5 Å². The molecule has 0 radical (unpaired) electrons. The van der Waals surface area contributed by atoms with Crippen molar-refractivity contribution in [3.05, 3.63) is 23.8 Å². The molecular weight excluding hydrogens is 314 g/mol. The third-order valence-electron chi connectivity index (χ3n) is 4.58. The van der Waals surface area contributed by atoms with Gasteiger partial charge >= 0.3 is 0 Å². The Labute approximate surface area is 136 Å². The van der Waals surface area contributed by atoms with Crippen LogP contribution in [0.2, 0.25) is 0 Å². The second-order valence-corrected chi connectivity index (χ2v) is 8.26. The van der Waals surface area contributed by atoms with Gasteiger partial charge in [0.2, 0.25) is 10.0 Å². The summed E-state index contributed by atoms with van der Waals surface area (Å²) < 4.78 is 28.2. The zero-order valence-electron chi connectivity index (χ0n) is 13.1. The number of nitriles is 1. The van der Waals surface area contributed by atoms with Gasteiger partial charge in [0.1, 0.15) is 4.90 Å². The smallest absolute Gasteiger partial charge is 0.242 e. The van der Waals surface area contributed by atoms with Crippen molar-refractivity contribution >= 4 is 15.7 Å². The number of anilines is 1. The van der Waals surface area contributed by atoms with Crippen LogP contribution < -0.4 is 9.62 Å². The predicted octanol–water partition coefficient (Wildman–Crippen LogP) is 1.21. The Morgan fingerprint density at radius 1 is 1.39 bits per heavy atom. The lowest BCUT2D eigenvalue weighted by molar-refractivity contribution is 0.198. The summed E-state index contributed by atoms with van der Waals surface area (Å²) in [7, 11) is -3.64. The fourth-order valence-corrected chi connectivity index (χ4v) is 4.77. The number of β-amino-alcohol motifs (C(OH)–C–C–N with tert-alkyl or cyclic N) is 1. The summed E-state index contributed by atoms with van der Waals surface area (Å²) in [6.07, 6.45) is 1.85. The first kappa shape index (κ1) is 16.2. The molecule has 1 saturated heterocycles. The average Bonchev–Trinajstić information content (AvgIpc) is 2.91. The van der Waals surface area contributed by atoms with Gasteiger partial charge in [0.25, 0.3) is 0 Å². The molecule has 1 aromatic carbocycles. The number of nitrogens with zero attached hydrogens (tertiary/aromatic N) is 2. The van der Waals surface area contributed by atoms with E-state index < -0.39 is 16.1 Å². The quantitative estimate of drug-likeness (QED) is 0.862. The number of aliphatic hydroxyl groups excluding tert-OH is 1. The van der Waals surface area contributed by atoms with Crippen LogP contribution in [0.25, 0.3) is 0 Å². The Morgan fingerprint density at radius 2 is 2.13 bits per heavy atom. The van der Waals surface area contributed by atoms with E-state index in [0.717, 1.165) is 12.8 Å². The zero-order chi connectivity index (χ0) is 16.6. The Kier molecular flexibility index (Phi) is 4.32. The van der Waals surface area contributed by atoms with E-state index in [1.807, 2.05) is 11.0 Å². The summed E-state index contributed by atoms with van der Waals surface area (Å²) in [5.74, 6) is 0.553. The van der Waals surface area contributed by atoms with E-state index in [1.54, 1.807) is 6.07 Å². The summed E-state index contributed by atoms with van der Waals surface area (Å²) in [5, 5.41) is 18.8. The Hall–Kier alpha value is -1.62. The van der Waals surface area contributed by atoms with Crippen LogP contribution in [0.15, 0.2) is 23.1 Å². The van der Waals surface area contributed by atoms with Crippen LogP contribution in [0.1, 0.15) is 31.7 Å². The maximum absolute atomic E-state index is 12.7. The first-order chi connectivity index (χ1) is 10.9. The van der Waals surface area contributed by atoms with Gasteiger partial charge in [-0.3, -0.25) is 0 Å². The standard InChI is InChI=1S/C16H21N3O3S/c1-11-6-13(7-11)18-23(21,22)16-3-2-12(9-17)8-15(16)19-5-4-14(20)10-19/h2-3,8,11,13-14,18,20H,4-7,10H2,1H3/t11?,13?,14-/m0/s1. The van der Waals surface area contributed by atoms with Crippen LogP contribution in [0.5, 0.6) is 0 Å². The van der Waals surface area contributed by atoms with E-state index in [4.69, 9.17) is 5.26 Å². The molecule has 23 heavy (non-hydrogen) atoms. The van der Waals surface area contributed by atoms with Gasteiger partial charge in [-0.05, 0) is 43.4 Å². The van der Waals surface area contributed by atoms with E-state index in [-0.39, 0.29) is 10.9 Å². The SMILES string of the molecule is CC1CC(NS(=O)(=O)c2ccc(C#N)cc2N2CC[C@H](O)C2)C1. The maximum atomic E-state index is 12.7. The molecule has 1 atom stereocenters. The molecule has 0 aromatic heterocycles. The van der Waals surface area contributed by atoms with Gasteiger partial charge in [-0.2, -0.15) is 5.26 Å². The number of nitrogens with one attached hydrogen (secondary N) is 1. The first-order valence-electron chi connectivity index (χ1n) is 7.88. The molecular formula is C16H21N3O3S. The van der Waals surface area contributed by atoms with Crippen LogP contribution in [0, 0.1) is 17.2 Å². The lowest BCUT2D eigenvalue weighted by Gasteiger charge is -2.33. The van der Waals surface area contributed by atoms with Gasteiger partial charge in [-0.15, -0.1) is 0 Å². The molecule has 2 N–H and O–H groups in total. The summed E-state index contributed by atoms with van der Waals surface area (Å²) in [6.45, 7) is 3.07. The molecule has 2 aliphatic rings. The van der Waals surface area contributed by atoms with Gasteiger partial charge < -0.3 is 10.0 Å². The van der Waals surface area contributed by atoms with Crippen LogP contribution >= 0.6 is 0 Å². The molecule has 3 rings (SSSR count). The van der Waals surface area contributed by atoms with Crippen LogP contribution in [-0.4, -0.2) is 38.8 Å². The van der Waals surface area contributed by atoms with Crippen molar-refractivity contribution < 1.29 is 13.5 Å². The summed E-state index contributed by atoms with van der Waals surface area (Å²) in [4.78, 5) is 2.02. The van der Waals surface area contributed by atoms with E-state index in [1.165, 1.54) is 12.1 Å². The number of benzene rings is 1. The van der Waals surface area contributed by atoms with E-state index in [0.29, 0.717) is 36.7 Å². The van der Waals surface area contributed by atoms with Gasteiger partial charge in [-0.25, -0.2) is 13.1 Å². The van der Waals surface area contributed by atoms with Crippen molar-refractivity contribution in [2.45, 2.75) is 43.2 Å².